The fourth-order valence-electron chi connectivity index (χ4n) is 2.36. The van der Waals surface area contributed by atoms with Crippen LogP contribution >= 0.6 is 11.3 Å². The van der Waals surface area contributed by atoms with E-state index in [9.17, 15) is 0 Å². The van der Waals surface area contributed by atoms with Gasteiger partial charge in [0.2, 0.25) is 0 Å². The molecule has 3 nitrogen and oxygen atoms in total. The number of nitrogens with zero attached hydrogens (tertiary/aromatic N) is 1. The Bertz CT molecular complexity index is 692. The van der Waals surface area contributed by atoms with Crippen molar-refractivity contribution in [1.29, 1.82) is 0 Å². The summed E-state index contributed by atoms with van der Waals surface area (Å²) in [6.45, 7) is 0.925. The SMILES string of the molecule is CNCC[C@H](Oc1cccc2cnccc12)c1cccs1. The maximum absolute atomic E-state index is 6.32. The molecule has 1 atom stereocenters. The highest BCUT2D eigenvalue weighted by molar-refractivity contribution is 7.10. The monoisotopic (exact) mass is 298 g/mol. The number of pyridine rings is 1. The van der Waals surface area contributed by atoms with Crippen LogP contribution in [0.5, 0.6) is 5.75 Å². The molecular weight excluding hydrogens is 280 g/mol. The van der Waals surface area contributed by atoms with Crippen molar-refractivity contribution in [1.82, 2.24) is 10.3 Å². The highest BCUT2D eigenvalue weighted by Gasteiger charge is 2.15. The van der Waals surface area contributed by atoms with E-state index in [1.165, 1.54) is 4.88 Å². The third-order valence-corrected chi connectivity index (χ3v) is 4.39. The summed E-state index contributed by atoms with van der Waals surface area (Å²) in [7, 11) is 1.97. The van der Waals surface area contributed by atoms with Crippen molar-refractivity contribution in [3.05, 3.63) is 59.0 Å². The first-order valence-corrected chi connectivity index (χ1v) is 7.94. The molecule has 3 aromatic rings. The summed E-state index contributed by atoms with van der Waals surface area (Å²) in [5.41, 5.74) is 0. The zero-order chi connectivity index (χ0) is 14.5. The lowest BCUT2D eigenvalue weighted by molar-refractivity contribution is 0.201. The molecule has 0 radical (unpaired) electrons. The number of benzene rings is 1. The Labute approximate surface area is 128 Å². The van der Waals surface area contributed by atoms with E-state index >= 15 is 0 Å². The van der Waals surface area contributed by atoms with Crippen molar-refractivity contribution >= 4 is 22.1 Å². The van der Waals surface area contributed by atoms with Crippen LogP contribution in [0.15, 0.2) is 54.2 Å². The fraction of sp³-hybridized carbons (Fsp3) is 0.235. The number of nitrogens with one attached hydrogen (secondary N) is 1. The molecule has 0 unspecified atom stereocenters. The molecule has 1 aromatic carbocycles. The van der Waals surface area contributed by atoms with Crippen LogP contribution in [-0.4, -0.2) is 18.6 Å². The summed E-state index contributed by atoms with van der Waals surface area (Å²) >= 11 is 1.74. The Balaban J connectivity index is 1.90. The summed E-state index contributed by atoms with van der Waals surface area (Å²) in [5, 5.41) is 7.51. The molecule has 0 saturated heterocycles. The van der Waals surface area contributed by atoms with Crippen LogP contribution in [0.1, 0.15) is 17.4 Å². The average molecular weight is 298 g/mol. The van der Waals surface area contributed by atoms with E-state index in [1.54, 1.807) is 11.3 Å². The van der Waals surface area contributed by atoms with Crippen molar-refractivity contribution in [2.75, 3.05) is 13.6 Å². The summed E-state index contributed by atoms with van der Waals surface area (Å²) < 4.78 is 6.32. The van der Waals surface area contributed by atoms with Gasteiger partial charge in [-0.25, -0.2) is 0 Å². The second kappa shape index (κ2) is 6.70. The predicted molar refractivity (Wildman–Crippen MR) is 88.0 cm³/mol. The highest BCUT2D eigenvalue weighted by atomic mass is 32.1. The first-order chi connectivity index (χ1) is 10.4. The molecule has 0 aliphatic carbocycles. The van der Waals surface area contributed by atoms with Crippen molar-refractivity contribution in [2.45, 2.75) is 12.5 Å². The molecule has 1 N–H and O–H groups in total. The summed E-state index contributed by atoms with van der Waals surface area (Å²) in [6.07, 6.45) is 4.70. The van der Waals surface area contributed by atoms with Gasteiger partial charge < -0.3 is 10.1 Å². The van der Waals surface area contributed by atoms with Crippen LogP contribution in [0.4, 0.5) is 0 Å². The van der Waals surface area contributed by atoms with Gasteiger partial charge >= 0.3 is 0 Å². The van der Waals surface area contributed by atoms with Crippen LogP contribution < -0.4 is 10.1 Å². The second-order valence-corrected chi connectivity index (χ2v) is 5.85. The zero-order valence-electron chi connectivity index (χ0n) is 12.0. The lowest BCUT2D eigenvalue weighted by atomic mass is 10.1. The molecule has 0 fully saturated rings. The summed E-state index contributed by atoms with van der Waals surface area (Å²) in [5.74, 6) is 0.921. The van der Waals surface area contributed by atoms with Crippen LogP contribution in [0.3, 0.4) is 0 Å². The van der Waals surface area contributed by atoms with Crippen LogP contribution in [0, 0.1) is 0 Å². The Morgan fingerprint density at radius 2 is 2.19 bits per heavy atom. The molecule has 108 valence electrons. The summed E-state index contributed by atoms with van der Waals surface area (Å²) in [4.78, 5) is 5.43. The van der Waals surface area contributed by atoms with Gasteiger partial charge in [-0.15, -0.1) is 11.3 Å². The molecular formula is C17H18N2OS. The van der Waals surface area contributed by atoms with Crippen LogP contribution in [0.2, 0.25) is 0 Å². The molecule has 0 saturated carbocycles. The van der Waals surface area contributed by atoms with E-state index in [-0.39, 0.29) is 6.10 Å². The van der Waals surface area contributed by atoms with Crippen LogP contribution in [-0.2, 0) is 0 Å². The highest BCUT2D eigenvalue weighted by Crippen LogP contribution is 2.32. The Kier molecular flexibility index (Phi) is 4.48. The first kappa shape index (κ1) is 14.0. The molecule has 0 aliphatic rings. The van der Waals surface area contributed by atoms with Crippen molar-refractivity contribution in [2.24, 2.45) is 0 Å². The number of hydrogen-bond donors (Lipinski definition) is 1. The minimum Gasteiger partial charge on any atom is -0.484 e. The predicted octanol–water partition coefficient (Wildman–Crippen LogP) is 4.03. The largest absolute Gasteiger partial charge is 0.484 e. The molecule has 2 heterocycles. The number of thiophene rings is 1. The fourth-order valence-corrected chi connectivity index (χ4v) is 3.15. The van der Waals surface area contributed by atoms with Gasteiger partial charge in [0.15, 0.2) is 0 Å². The lowest BCUT2D eigenvalue weighted by Gasteiger charge is -2.19. The van der Waals surface area contributed by atoms with E-state index in [0.29, 0.717) is 0 Å². The molecule has 21 heavy (non-hydrogen) atoms. The van der Waals surface area contributed by atoms with E-state index in [2.05, 4.69) is 33.9 Å². The number of aromatic nitrogens is 1. The summed E-state index contributed by atoms with van der Waals surface area (Å²) in [6, 6.07) is 12.3. The molecule has 3 rings (SSSR count). The maximum Gasteiger partial charge on any atom is 0.134 e. The maximum atomic E-state index is 6.32. The Morgan fingerprint density at radius 1 is 1.24 bits per heavy atom. The number of ether oxygens (including phenoxy) is 1. The van der Waals surface area contributed by atoms with E-state index < -0.39 is 0 Å². The molecule has 4 heteroatoms. The smallest absolute Gasteiger partial charge is 0.134 e. The average Bonchev–Trinajstić information content (AvgIpc) is 3.06. The van der Waals surface area contributed by atoms with Crippen molar-refractivity contribution < 1.29 is 4.74 Å². The van der Waals surface area contributed by atoms with Gasteiger partial charge in [0, 0.05) is 34.5 Å². The molecule has 0 spiro atoms. The Hall–Kier alpha value is -1.91. The number of fused-ring (bicyclic) bond motifs is 1. The van der Waals surface area contributed by atoms with Crippen LogP contribution in [0.25, 0.3) is 10.8 Å². The minimum absolute atomic E-state index is 0.0798. The van der Waals surface area contributed by atoms with Gasteiger partial charge in [-0.3, -0.25) is 4.98 Å². The van der Waals surface area contributed by atoms with Gasteiger partial charge in [-0.2, -0.15) is 0 Å². The van der Waals surface area contributed by atoms with Gasteiger partial charge in [0.25, 0.3) is 0 Å². The third-order valence-electron chi connectivity index (χ3n) is 3.43. The minimum atomic E-state index is 0.0798. The number of rotatable bonds is 6. The van der Waals surface area contributed by atoms with Gasteiger partial charge in [0.05, 0.1) is 0 Å². The standard InChI is InChI=1S/C17H18N2OS/c1-18-9-8-16(17-6-3-11-21-17)20-15-5-2-4-13-12-19-10-7-14(13)15/h2-7,10-12,16,18H,8-9H2,1H3/t16-/m0/s1. The lowest BCUT2D eigenvalue weighted by Crippen LogP contribution is -2.15. The van der Waals surface area contributed by atoms with Crippen molar-refractivity contribution in [3.8, 4) is 5.75 Å². The van der Waals surface area contributed by atoms with Gasteiger partial charge in [-0.1, -0.05) is 18.2 Å². The van der Waals surface area contributed by atoms with Gasteiger partial charge in [-0.05, 0) is 37.2 Å². The molecule has 0 amide bonds. The van der Waals surface area contributed by atoms with E-state index in [1.807, 2.05) is 37.6 Å². The molecule has 0 aliphatic heterocycles. The zero-order valence-corrected chi connectivity index (χ0v) is 12.8. The normalized spacial score (nSPS) is 12.4. The van der Waals surface area contributed by atoms with E-state index in [4.69, 9.17) is 4.74 Å². The van der Waals surface area contributed by atoms with E-state index in [0.717, 1.165) is 29.5 Å². The number of hydrogen-bond acceptors (Lipinski definition) is 4. The topological polar surface area (TPSA) is 34.1 Å². The first-order valence-electron chi connectivity index (χ1n) is 7.06. The second-order valence-electron chi connectivity index (χ2n) is 4.87. The van der Waals surface area contributed by atoms with Gasteiger partial charge in [0.1, 0.15) is 11.9 Å². The quantitative estimate of drug-likeness (QED) is 0.746. The third kappa shape index (κ3) is 3.23. The van der Waals surface area contributed by atoms with Crippen molar-refractivity contribution in [3.63, 3.8) is 0 Å². The molecule has 2 aromatic heterocycles. The molecule has 0 bridgehead atoms. The Morgan fingerprint density at radius 3 is 3.00 bits per heavy atom.